The van der Waals surface area contributed by atoms with Gasteiger partial charge in [0, 0.05) is 18.5 Å². The molecule has 0 saturated carbocycles. The van der Waals surface area contributed by atoms with Gasteiger partial charge in [0.15, 0.2) is 9.84 Å². The third-order valence-corrected chi connectivity index (χ3v) is 4.69. The molecule has 0 radical (unpaired) electrons. The normalized spacial score (nSPS) is 12.9. The highest BCUT2D eigenvalue weighted by molar-refractivity contribution is 7.90. The van der Waals surface area contributed by atoms with Gasteiger partial charge in [-0.25, -0.2) is 8.42 Å². The molecular formula is C17H21NO2S. The van der Waals surface area contributed by atoms with Gasteiger partial charge in [-0.1, -0.05) is 37.3 Å². The first-order valence-electron chi connectivity index (χ1n) is 7.06. The lowest BCUT2D eigenvalue weighted by atomic mass is 9.98. The Hall–Kier alpha value is -1.81. The van der Waals surface area contributed by atoms with Crippen LogP contribution in [0.4, 0.5) is 5.69 Å². The maximum atomic E-state index is 11.4. The average Bonchev–Trinajstić information content (AvgIpc) is 2.47. The zero-order valence-corrected chi connectivity index (χ0v) is 13.2. The van der Waals surface area contributed by atoms with E-state index in [1.54, 1.807) is 12.1 Å². The predicted molar refractivity (Wildman–Crippen MR) is 87.5 cm³/mol. The molecule has 0 aliphatic carbocycles. The van der Waals surface area contributed by atoms with Gasteiger partial charge in [-0.15, -0.1) is 0 Å². The summed E-state index contributed by atoms with van der Waals surface area (Å²) < 4.78 is 22.8. The molecule has 0 aromatic heterocycles. The Morgan fingerprint density at radius 3 is 2.19 bits per heavy atom. The summed E-state index contributed by atoms with van der Waals surface area (Å²) in [6.45, 7) is 3.07. The van der Waals surface area contributed by atoms with E-state index in [1.165, 1.54) is 11.8 Å². The number of hydrogen-bond acceptors (Lipinski definition) is 3. The molecule has 2 aromatic rings. The third-order valence-electron chi connectivity index (χ3n) is 3.56. The fourth-order valence-corrected chi connectivity index (χ4v) is 2.83. The van der Waals surface area contributed by atoms with Gasteiger partial charge < -0.3 is 5.32 Å². The highest BCUT2D eigenvalue weighted by Crippen LogP contribution is 2.19. The van der Waals surface area contributed by atoms with Gasteiger partial charge in [-0.05, 0) is 42.2 Å². The Morgan fingerprint density at radius 2 is 1.62 bits per heavy atom. The number of hydrogen-bond donors (Lipinski definition) is 1. The molecule has 0 bridgehead atoms. The van der Waals surface area contributed by atoms with E-state index in [1.807, 2.05) is 18.2 Å². The van der Waals surface area contributed by atoms with Crippen molar-refractivity contribution < 1.29 is 8.42 Å². The van der Waals surface area contributed by atoms with E-state index in [2.05, 4.69) is 36.5 Å². The molecule has 0 aliphatic heterocycles. The number of benzene rings is 2. The van der Waals surface area contributed by atoms with Crippen LogP contribution >= 0.6 is 0 Å². The minimum absolute atomic E-state index is 0.353. The minimum atomic E-state index is -3.12. The molecule has 3 nitrogen and oxygen atoms in total. The van der Waals surface area contributed by atoms with E-state index in [4.69, 9.17) is 0 Å². The summed E-state index contributed by atoms with van der Waals surface area (Å²) in [5, 5.41) is 3.33. The van der Waals surface area contributed by atoms with Crippen molar-refractivity contribution in [3.63, 3.8) is 0 Å². The number of anilines is 1. The first-order chi connectivity index (χ1) is 9.97. The van der Waals surface area contributed by atoms with Crippen LogP contribution in [-0.4, -0.2) is 21.2 Å². The van der Waals surface area contributed by atoms with Gasteiger partial charge in [0.2, 0.25) is 0 Å². The van der Waals surface area contributed by atoms with Crippen LogP contribution < -0.4 is 5.32 Å². The van der Waals surface area contributed by atoms with Crippen LogP contribution in [0.25, 0.3) is 0 Å². The van der Waals surface area contributed by atoms with E-state index in [0.717, 1.165) is 18.7 Å². The largest absolute Gasteiger partial charge is 0.385 e. The molecule has 2 rings (SSSR count). The summed E-state index contributed by atoms with van der Waals surface area (Å²) >= 11 is 0. The third kappa shape index (κ3) is 4.60. The summed E-state index contributed by atoms with van der Waals surface area (Å²) in [7, 11) is -3.12. The van der Waals surface area contributed by atoms with Crippen LogP contribution in [0.1, 0.15) is 24.8 Å². The molecular weight excluding hydrogens is 282 g/mol. The molecule has 0 spiro atoms. The molecule has 0 amide bonds. The van der Waals surface area contributed by atoms with Crippen molar-refractivity contribution in [2.24, 2.45) is 0 Å². The molecule has 0 aliphatic rings. The molecule has 21 heavy (non-hydrogen) atoms. The topological polar surface area (TPSA) is 46.2 Å². The zero-order chi connectivity index (χ0) is 15.3. The number of rotatable bonds is 6. The van der Waals surface area contributed by atoms with Crippen molar-refractivity contribution in [1.82, 2.24) is 0 Å². The summed E-state index contributed by atoms with van der Waals surface area (Å²) in [6, 6.07) is 17.3. The smallest absolute Gasteiger partial charge is 0.175 e. The van der Waals surface area contributed by atoms with E-state index >= 15 is 0 Å². The van der Waals surface area contributed by atoms with Crippen molar-refractivity contribution >= 4 is 15.5 Å². The Morgan fingerprint density at radius 1 is 1.00 bits per heavy atom. The van der Waals surface area contributed by atoms with Crippen molar-refractivity contribution in [2.45, 2.75) is 24.2 Å². The van der Waals surface area contributed by atoms with E-state index in [0.29, 0.717) is 10.8 Å². The maximum absolute atomic E-state index is 11.4. The highest BCUT2D eigenvalue weighted by atomic mass is 32.2. The van der Waals surface area contributed by atoms with E-state index in [-0.39, 0.29) is 0 Å². The van der Waals surface area contributed by atoms with Crippen LogP contribution in [0, 0.1) is 0 Å². The Bertz CT molecular complexity index is 664. The average molecular weight is 303 g/mol. The van der Waals surface area contributed by atoms with Gasteiger partial charge >= 0.3 is 0 Å². The molecule has 0 fully saturated rings. The van der Waals surface area contributed by atoms with Gasteiger partial charge in [0.25, 0.3) is 0 Å². The van der Waals surface area contributed by atoms with Gasteiger partial charge in [-0.3, -0.25) is 0 Å². The predicted octanol–water partition coefficient (Wildman–Crippen LogP) is 3.70. The first-order valence-corrected chi connectivity index (χ1v) is 8.95. The van der Waals surface area contributed by atoms with Crippen LogP contribution in [0.15, 0.2) is 59.5 Å². The van der Waals surface area contributed by atoms with Crippen LogP contribution in [-0.2, 0) is 9.84 Å². The molecule has 2 aromatic carbocycles. The van der Waals surface area contributed by atoms with Crippen molar-refractivity contribution in [1.29, 1.82) is 0 Å². The SMILES string of the molecule is CC(CCNc1ccc(S(C)(=O)=O)cc1)c1ccccc1. The fraction of sp³-hybridized carbons (Fsp3) is 0.294. The summed E-state index contributed by atoms with van der Waals surface area (Å²) in [6.07, 6.45) is 2.24. The van der Waals surface area contributed by atoms with Crippen LogP contribution in [0.3, 0.4) is 0 Å². The molecule has 4 heteroatoms. The first kappa shape index (κ1) is 15.6. The quantitative estimate of drug-likeness (QED) is 0.885. The van der Waals surface area contributed by atoms with Crippen LogP contribution in [0.2, 0.25) is 0 Å². The van der Waals surface area contributed by atoms with Crippen LogP contribution in [0.5, 0.6) is 0 Å². The van der Waals surface area contributed by atoms with Crippen molar-refractivity contribution in [3.8, 4) is 0 Å². The number of sulfone groups is 1. The molecule has 1 N–H and O–H groups in total. The molecule has 1 atom stereocenters. The second-order valence-corrected chi connectivity index (χ2v) is 7.34. The molecule has 0 heterocycles. The standard InChI is InChI=1S/C17H21NO2S/c1-14(15-6-4-3-5-7-15)12-13-18-16-8-10-17(11-9-16)21(2,19)20/h3-11,14,18H,12-13H2,1-2H3. The lowest BCUT2D eigenvalue weighted by molar-refractivity contribution is 0.602. The maximum Gasteiger partial charge on any atom is 0.175 e. The zero-order valence-electron chi connectivity index (χ0n) is 12.4. The lowest BCUT2D eigenvalue weighted by Gasteiger charge is -2.13. The fourth-order valence-electron chi connectivity index (χ4n) is 2.20. The molecule has 1 unspecified atom stereocenters. The van der Waals surface area contributed by atoms with Crippen molar-refractivity contribution in [3.05, 3.63) is 60.2 Å². The van der Waals surface area contributed by atoms with E-state index < -0.39 is 9.84 Å². The van der Waals surface area contributed by atoms with Gasteiger partial charge in [0.05, 0.1) is 4.90 Å². The number of nitrogens with one attached hydrogen (secondary N) is 1. The Kier molecular flexibility index (Phi) is 5.02. The minimum Gasteiger partial charge on any atom is -0.385 e. The summed E-state index contributed by atoms with van der Waals surface area (Å²) in [4.78, 5) is 0.353. The monoisotopic (exact) mass is 303 g/mol. The molecule has 112 valence electrons. The van der Waals surface area contributed by atoms with Gasteiger partial charge in [-0.2, -0.15) is 0 Å². The second kappa shape index (κ2) is 6.76. The molecule has 0 saturated heterocycles. The highest BCUT2D eigenvalue weighted by Gasteiger charge is 2.07. The second-order valence-electron chi connectivity index (χ2n) is 5.32. The van der Waals surface area contributed by atoms with Crippen molar-refractivity contribution in [2.75, 3.05) is 18.1 Å². The summed E-state index contributed by atoms with van der Waals surface area (Å²) in [5.74, 6) is 0.494. The Labute approximate surface area is 126 Å². The lowest BCUT2D eigenvalue weighted by Crippen LogP contribution is -2.06. The Balaban J connectivity index is 1.86. The van der Waals surface area contributed by atoms with E-state index in [9.17, 15) is 8.42 Å². The summed E-state index contributed by atoms with van der Waals surface area (Å²) in [5.41, 5.74) is 2.29. The van der Waals surface area contributed by atoms with Gasteiger partial charge in [0.1, 0.15) is 0 Å².